The van der Waals surface area contributed by atoms with Gasteiger partial charge in [0.15, 0.2) is 0 Å². The number of rotatable bonds is 2. The molecule has 0 unspecified atom stereocenters. The number of carbonyl (C=O) groups excluding carboxylic acids is 4. The zero-order chi connectivity index (χ0) is 17.5. The molecule has 2 saturated carbocycles. The van der Waals surface area contributed by atoms with Crippen molar-refractivity contribution in [2.75, 3.05) is 6.61 Å². The summed E-state index contributed by atoms with van der Waals surface area (Å²) in [7, 11) is 0. The molecule has 9 nitrogen and oxygen atoms in total. The van der Waals surface area contributed by atoms with Crippen LogP contribution in [0.3, 0.4) is 0 Å². The highest BCUT2D eigenvalue weighted by Crippen LogP contribution is 2.41. The van der Waals surface area contributed by atoms with E-state index in [-0.39, 0.29) is 30.4 Å². The zero-order valence-electron chi connectivity index (χ0n) is 13.5. The van der Waals surface area contributed by atoms with Crippen LogP contribution in [-0.4, -0.2) is 46.7 Å². The monoisotopic (exact) mass is 338 g/mol. The Morgan fingerprint density at radius 3 is 1.58 bits per heavy atom. The predicted octanol–water partition coefficient (Wildman–Crippen LogP) is -0.648. The van der Waals surface area contributed by atoms with Gasteiger partial charge in [0.05, 0.1) is 0 Å². The number of carbonyl (C=O) groups is 4. The lowest BCUT2D eigenvalue weighted by Crippen LogP contribution is -2.57. The Labute approximate surface area is 138 Å². The molecular formula is C15H22N4O5. The average Bonchev–Trinajstić information content (AvgIpc) is 2.91. The largest absolute Gasteiger partial charge is 0.396 e. The van der Waals surface area contributed by atoms with Gasteiger partial charge in [0.2, 0.25) is 0 Å². The van der Waals surface area contributed by atoms with Gasteiger partial charge in [-0.15, -0.1) is 0 Å². The van der Waals surface area contributed by atoms with Crippen molar-refractivity contribution in [1.82, 2.24) is 21.3 Å². The zero-order valence-corrected chi connectivity index (χ0v) is 13.5. The van der Waals surface area contributed by atoms with Crippen LogP contribution in [0.5, 0.6) is 0 Å². The fraction of sp³-hybridized carbons (Fsp3) is 0.733. The normalized spacial score (nSPS) is 39.2. The number of aliphatic hydroxyl groups is 1. The minimum Gasteiger partial charge on any atom is -0.396 e. The third kappa shape index (κ3) is 2.62. The minimum atomic E-state index is -0.690. The van der Waals surface area contributed by atoms with Crippen LogP contribution in [0, 0.1) is 11.8 Å². The summed E-state index contributed by atoms with van der Waals surface area (Å²) in [4.78, 5) is 44.0. The Bertz CT molecular complexity index is 541. The molecule has 6 amide bonds. The first-order valence-corrected chi connectivity index (χ1v) is 8.20. The SMILES string of the molecule is CCC1CC2(C1)NC(=O)NC2=O.O=C1NC(=O)C2(CC(CO)C2)N1. The van der Waals surface area contributed by atoms with Gasteiger partial charge in [-0.3, -0.25) is 20.2 Å². The van der Waals surface area contributed by atoms with Crippen molar-refractivity contribution >= 4 is 23.9 Å². The molecule has 0 aromatic heterocycles. The van der Waals surface area contributed by atoms with Gasteiger partial charge in [0, 0.05) is 6.61 Å². The van der Waals surface area contributed by atoms with Crippen molar-refractivity contribution in [2.45, 2.75) is 50.1 Å². The summed E-state index contributed by atoms with van der Waals surface area (Å²) >= 11 is 0. The number of nitrogens with one attached hydrogen (secondary N) is 4. The maximum atomic E-state index is 11.3. The Morgan fingerprint density at radius 1 is 0.875 bits per heavy atom. The molecule has 0 aromatic carbocycles. The lowest BCUT2D eigenvalue weighted by atomic mass is 9.67. The van der Waals surface area contributed by atoms with Crippen molar-refractivity contribution in [3.8, 4) is 0 Å². The van der Waals surface area contributed by atoms with Crippen molar-refractivity contribution in [3.05, 3.63) is 0 Å². The molecule has 2 heterocycles. The highest BCUT2D eigenvalue weighted by molar-refractivity contribution is 6.08. The minimum absolute atomic E-state index is 0.0882. The van der Waals surface area contributed by atoms with Gasteiger partial charge in [-0.05, 0) is 37.5 Å². The lowest BCUT2D eigenvalue weighted by molar-refractivity contribution is -0.129. The molecule has 0 bridgehead atoms. The predicted molar refractivity (Wildman–Crippen MR) is 81.6 cm³/mol. The van der Waals surface area contributed by atoms with Gasteiger partial charge < -0.3 is 15.7 Å². The summed E-state index contributed by atoms with van der Waals surface area (Å²) in [5.74, 6) is 0.373. The van der Waals surface area contributed by atoms with Crippen molar-refractivity contribution in [1.29, 1.82) is 0 Å². The Morgan fingerprint density at radius 2 is 1.29 bits per heavy atom. The van der Waals surface area contributed by atoms with Crippen LogP contribution in [-0.2, 0) is 9.59 Å². The van der Waals surface area contributed by atoms with E-state index in [2.05, 4.69) is 28.2 Å². The van der Waals surface area contributed by atoms with E-state index in [1.54, 1.807) is 0 Å². The number of hydrogen-bond donors (Lipinski definition) is 5. The van der Waals surface area contributed by atoms with E-state index in [4.69, 9.17) is 5.11 Å². The van der Waals surface area contributed by atoms with Crippen LogP contribution in [0.4, 0.5) is 9.59 Å². The van der Waals surface area contributed by atoms with Crippen molar-refractivity contribution in [2.24, 2.45) is 11.8 Å². The third-order valence-corrected chi connectivity index (χ3v) is 5.41. The number of aliphatic hydroxyl groups excluding tert-OH is 1. The molecule has 0 aromatic rings. The summed E-state index contributed by atoms with van der Waals surface area (Å²) in [5.41, 5.74) is -1.22. The second kappa shape index (κ2) is 5.73. The summed E-state index contributed by atoms with van der Waals surface area (Å²) in [6, 6.07) is -0.758. The second-order valence-corrected chi connectivity index (χ2v) is 7.12. The molecular weight excluding hydrogens is 316 g/mol. The van der Waals surface area contributed by atoms with E-state index in [0.29, 0.717) is 18.8 Å². The fourth-order valence-corrected chi connectivity index (χ4v) is 3.90. The quantitative estimate of drug-likeness (QED) is 0.426. The molecule has 4 aliphatic rings. The molecule has 24 heavy (non-hydrogen) atoms. The Balaban J connectivity index is 0.000000141. The maximum absolute atomic E-state index is 11.3. The van der Waals surface area contributed by atoms with Gasteiger partial charge in [-0.1, -0.05) is 13.3 Å². The molecule has 2 aliphatic heterocycles. The van der Waals surface area contributed by atoms with Crippen LogP contribution >= 0.6 is 0 Å². The average molecular weight is 338 g/mol. The molecule has 0 atom stereocenters. The van der Waals surface area contributed by atoms with E-state index in [1.165, 1.54) is 0 Å². The molecule has 9 heteroatoms. The highest BCUT2D eigenvalue weighted by Gasteiger charge is 2.55. The van der Waals surface area contributed by atoms with Gasteiger partial charge in [-0.2, -0.15) is 0 Å². The smallest absolute Gasteiger partial charge is 0.322 e. The molecule has 4 fully saturated rings. The summed E-state index contributed by atoms with van der Waals surface area (Å²) in [6.45, 7) is 2.19. The van der Waals surface area contributed by atoms with Gasteiger partial charge in [0.25, 0.3) is 11.8 Å². The summed E-state index contributed by atoms with van der Waals surface area (Å²) in [5, 5.41) is 18.4. The van der Waals surface area contributed by atoms with E-state index in [9.17, 15) is 19.2 Å². The first kappa shape index (κ1) is 16.7. The molecule has 0 radical (unpaired) electrons. The topological polar surface area (TPSA) is 137 Å². The molecule has 132 valence electrons. The van der Waals surface area contributed by atoms with Gasteiger partial charge >= 0.3 is 12.1 Å². The van der Waals surface area contributed by atoms with Crippen molar-refractivity contribution < 1.29 is 24.3 Å². The van der Waals surface area contributed by atoms with Gasteiger partial charge in [-0.25, -0.2) is 9.59 Å². The van der Waals surface area contributed by atoms with Crippen LogP contribution in [0.15, 0.2) is 0 Å². The molecule has 2 saturated heterocycles. The van der Waals surface area contributed by atoms with Crippen LogP contribution < -0.4 is 21.3 Å². The maximum Gasteiger partial charge on any atom is 0.322 e. The first-order chi connectivity index (χ1) is 11.3. The van der Waals surface area contributed by atoms with Gasteiger partial charge in [0.1, 0.15) is 11.1 Å². The summed E-state index contributed by atoms with van der Waals surface area (Å²) < 4.78 is 0. The van der Waals surface area contributed by atoms with Crippen LogP contribution in [0.2, 0.25) is 0 Å². The number of urea groups is 2. The highest BCUT2D eigenvalue weighted by atomic mass is 16.3. The molecule has 2 spiro atoms. The number of imide groups is 2. The standard InChI is InChI=1S/C8H12N2O2.C7H10N2O3/c1-2-5-3-8(4-5)6(11)9-7(12)10-8;10-3-4-1-7(2-4)5(11)8-6(12)9-7/h5H,2-4H2,1H3,(H2,9,10,11,12);4,10H,1-3H2,(H2,8,9,11,12). The number of hydrogen-bond acceptors (Lipinski definition) is 5. The Kier molecular flexibility index (Phi) is 3.98. The summed E-state index contributed by atoms with van der Waals surface area (Å²) in [6.07, 6.45) is 3.81. The van der Waals surface area contributed by atoms with E-state index in [0.717, 1.165) is 19.3 Å². The molecule has 4 rings (SSSR count). The van der Waals surface area contributed by atoms with Crippen LogP contribution in [0.25, 0.3) is 0 Å². The third-order valence-electron chi connectivity index (χ3n) is 5.41. The molecule has 2 aliphatic carbocycles. The molecule has 5 N–H and O–H groups in total. The van der Waals surface area contributed by atoms with Crippen LogP contribution in [0.1, 0.15) is 39.0 Å². The van der Waals surface area contributed by atoms with E-state index in [1.807, 2.05) is 0 Å². The second-order valence-electron chi connectivity index (χ2n) is 7.12. The lowest BCUT2D eigenvalue weighted by Gasteiger charge is -2.41. The number of amides is 6. The fourth-order valence-electron chi connectivity index (χ4n) is 3.90. The van der Waals surface area contributed by atoms with E-state index < -0.39 is 17.1 Å². The first-order valence-electron chi connectivity index (χ1n) is 8.20. The van der Waals surface area contributed by atoms with E-state index >= 15 is 0 Å². The Hall–Kier alpha value is -2.16. The van der Waals surface area contributed by atoms with Crippen molar-refractivity contribution in [3.63, 3.8) is 0 Å².